The van der Waals surface area contributed by atoms with E-state index in [0.29, 0.717) is 11.3 Å². The summed E-state index contributed by atoms with van der Waals surface area (Å²) in [7, 11) is -3.45. The molecule has 0 saturated heterocycles. The van der Waals surface area contributed by atoms with Crippen LogP contribution in [0.15, 0.2) is 18.2 Å². The Balaban J connectivity index is 3.27. The van der Waals surface area contributed by atoms with E-state index in [1.165, 1.54) is 13.8 Å². The molecule has 0 aliphatic heterocycles. The van der Waals surface area contributed by atoms with Gasteiger partial charge in [0.15, 0.2) is 15.6 Å². The lowest BCUT2D eigenvalue weighted by Crippen LogP contribution is -2.40. The SMILES string of the molecule is Cc1cc(C(=O)C(C)(C)S(C)(=O)=O)ccc1N. The Labute approximate surface area is 102 Å². The van der Waals surface area contributed by atoms with Crippen molar-refractivity contribution < 1.29 is 13.2 Å². The highest BCUT2D eigenvalue weighted by Gasteiger charge is 2.38. The lowest BCUT2D eigenvalue weighted by Gasteiger charge is -2.21. The molecule has 2 N–H and O–H groups in total. The van der Waals surface area contributed by atoms with E-state index >= 15 is 0 Å². The molecule has 0 unspecified atom stereocenters. The maximum absolute atomic E-state index is 12.2. The quantitative estimate of drug-likeness (QED) is 0.657. The molecule has 94 valence electrons. The monoisotopic (exact) mass is 255 g/mol. The van der Waals surface area contributed by atoms with Gasteiger partial charge in [0.1, 0.15) is 4.75 Å². The van der Waals surface area contributed by atoms with Gasteiger partial charge in [-0.3, -0.25) is 4.79 Å². The number of ketones is 1. The standard InChI is InChI=1S/C12H17NO3S/c1-8-7-9(5-6-10(8)13)11(14)12(2,3)17(4,15)16/h5-7H,13H2,1-4H3. The van der Waals surface area contributed by atoms with Gasteiger partial charge in [-0.1, -0.05) is 0 Å². The summed E-state index contributed by atoms with van der Waals surface area (Å²) >= 11 is 0. The average molecular weight is 255 g/mol. The average Bonchev–Trinajstić information content (AvgIpc) is 2.19. The van der Waals surface area contributed by atoms with Crippen molar-refractivity contribution in [1.29, 1.82) is 0 Å². The first kappa shape index (κ1) is 13.7. The molecule has 0 amide bonds. The molecule has 5 heteroatoms. The summed E-state index contributed by atoms with van der Waals surface area (Å²) in [6.45, 7) is 4.60. The molecular formula is C12H17NO3S. The minimum absolute atomic E-state index is 0.368. The Morgan fingerprint density at radius 3 is 2.24 bits per heavy atom. The van der Waals surface area contributed by atoms with Crippen molar-refractivity contribution in [3.05, 3.63) is 29.3 Å². The first-order chi connectivity index (χ1) is 7.57. The van der Waals surface area contributed by atoms with E-state index in [2.05, 4.69) is 0 Å². The number of aryl methyl sites for hydroxylation is 1. The highest BCUT2D eigenvalue weighted by molar-refractivity contribution is 7.92. The summed E-state index contributed by atoms with van der Waals surface area (Å²) < 4.78 is 21.7. The van der Waals surface area contributed by atoms with Gasteiger partial charge in [0.25, 0.3) is 0 Å². The third kappa shape index (κ3) is 2.49. The van der Waals surface area contributed by atoms with Gasteiger partial charge in [0.05, 0.1) is 0 Å². The van der Waals surface area contributed by atoms with Crippen LogP contribution in [-0.2, 0) is 9.84 Å². The van der Waals surface area contributed by atoms with E-state index < -0.39 is 20.4 Å². The minimum atomic E-state index is -3.45. The van der Waals surface area contributed by atoms with Gasteiger partial charge < -0.3 is 5.73 Å². The van der Waals surface area contributed by atoms with Crippen LogP contribution in [0.2, 0.25) is 0 Å². The Bertz CT molecular complexity index is 559. The molecule has 0 fully saturated rings. The maximum Gasteiger partial charge on any atom is 0.183 e. The number of Topliss-reactive ketones (excluding diaryl/α,β-unsaturated/α-hetero) is 1. The van der Waals surface area contributed by atoms with E-state index in [4.69, 9.17) is 5.73 Å². The molecule has 1 rings (SSSR count). The van der Waals surface area contributed by atoms with Gasteiger partial charge in [-0.05, 0) is 44.5 Å². The minimum Gasteiger partial charge on any atom is -0.399 e. The van der Waals surface area contributed by atoms with Gasteiger partial charge in [-0.25, -0.2) is 8.42 Å². The number of carbonyl (C=O) groups excluding carboxylic acids is 1. The molecule has 0 atom stereocenters. The molecule has 0 aromatic heterocycles. The topological polar surface area (TPSA) is 77.2 Å². The number of hydrogen-bond acceptors (Lipinski definition) is 4. The van der Waals surface area contributed by atoms with Crippen molar-refractivity contribution in [3.8, 4) is 0 Å². The van der Waals surface area contributed by atoms with Crippen molar-refractivity contribution in [2.45, 2.75) is 25.5 Å². The van der Waals surface area contributed by atoms with Crippen LogP contribution in [0.1, 0.15) is 29.8 Å². The molecule has 4 nitrogen and oxygen atoms in total. The number of hydrogen-bond donors (Lipinski definition) is 1. The zero-order valence-corrected chi connectivity index (χ0v) is 11.3. The highest BCUT2D eigenvalue weighted by Crippen LogP contribution is 2.23. The number of sulfone groups is 1. The fourth-order valence-electron chi connectivity index (χ4n) is 1.33. The first-order valence-electron chi connectivity index (χ1n) is 5.18. The molecule has 0 bridgehead atoms. The predicted octanol–water partition coefficient (Wildman–Crippen LogP) is 1.58. The molecule has 0 saturated carbocycles. The number of carbonyl (C=O) groups is 1. The second-order valence-electron chi connectivity index (χ2n) is 4.68. The number of rotatable bonds is 3. The predicted molar refractivity (Wildman–Crippen MR) is 68.8 cm³/mol. The van der Waals surface area contributed by atoms with Gasteiger partial charge in [-0.2, -0.15) is 0 Å². The first-order valence-corrected chi connectivity index (χ1v) is 7.07. The van der Waals surface area contributed by atoms with Gasteiger partial charge in [0, 0.05) is 17.5 Å². The number of benzene rings is 1. The second-order valence-corrected chi connectivity index (χ2v) is 7.25. The van der Waals surface area contributed by atoms with Crippen LogP contribution in [0.4, 0.5) is 5.69 Å². The number of nitrogens with two attached hydrogens (primary N) is 1. The fourth-order valence-corrected chi connectivity index (χ4v) is 1.79. The van der Waals surface area contributed by atoms with Gasteiger partial charge in [-0.15, -0.1) is 0 Å². The smallest absolute Gasteiger partial charge is 0.183 e. The summed E-state index contributed by atoms with van der Waals surface area (Å²) in [5.74, 6) is -0.414. The molecule has 0 aliphatic carbocycles. The Hall–Kier alpha value is -1.36. The Morgan fingerprint density at radius 1 is 1.29 bits per heavy atom. The molecule has 17 heavy (non-hydrogen) atoms. The molecule has 0 aliphatic rings. The molecule has 1 aromatic carbocycles. The van der Waals surface area contributed by atoms with Crippen LogP contribution >= 0.6 is 0 Å². The largest absolute Gasteiger partial charge is 0.399 e. The van der Waals surface area contributed by atoms with E-state index in [1.54, 1.807) is 25.1 Å². The third-order valence-electron chi connectivity index (χ3n) is 3.01. The number of nitrogen functional groups attached to an aromatic ring is 1. The third-order valence-corrected chi connectivity index (χ3v) is 5.05. The van der Waals surface area contributed by atoms with E-state index in [9.17, 15) is 13.2 Å². The van der Waals surface area contributed by atoms with Crippen molar-refractivity contribution in [2.75, 3.05) is 12.0 Å². The molecular weight excluding hydrogens is 238 g/mol. The fraction of sp³-hybridized carbons (Fsp3) is 0.417. The van der Waals surface area contributed by atoms with E-state index in [0.717, 1.165) is 11.8 Å². The lowest BCUT2D eigenvalue weighted by atomic mass is 9.98. The van der Waals surface area contributed by atoms with Crippen LogP contribution in [0.25, 0.3) is 0 Å². The van der Waals surface area contributed by atoms with Crippen molar-refractivity contribution in [1.82, 2.24) is 0 Å². The molecule has 0 radical (unpaired) electrons. The molecule has 1 aromatic rings. The summed E-state index contributed by atoms with van der Waals surface area (Å²) in [5.41, 5.74) is 7.37. The summed E-state index contributed by atoms with van der Waals surface area (Å²) in [6, 6.07) is 4.78. The van der Waals surface area contributed by atoms with Crippen LogP contribution in [0.3, 0.4) is 0 Å². The normalized spacial score (nSPS) is 12.5. The van der Waals surface area contributed by atoms with E-state index in [-0.39, 0.29) is 0 Å². The maximum atomic E-state index is 12.2. The lowest BCUT2D eigenvalue weighted by molar-refractivity contribution is 0.0954. The van der Waals surface area contributed by atoms with Gasteiger partial charge in [0.2, 0.25) is 0 Å². The molecule has 0 spiro atoms. The van der Waals surface area contributed by atoms with Crippen LogP contribution in [0, 0.1) is 6.92 Å². The highest BCUT2D eigenvalue weighted by atomic mass is 32.2. The summed E-state index contributed by atoms with van der Waals surface area (Å²) in [6.07, 6.45) is 1.06. The van der Waals surface area contributed by atoms with Crippen molar-refractivity contribution in [3.63, 3.8) is 0 Å². The zero-order valence-electron chi connectivity index (χ0n) is 10.4. The Kier molecular flexibility index (Phi) is 3.34. The van der Waals surface area contributed by atoms with Crippen LogP contribution in [0.5, 0.6) is 0 Å². The molecule has 0 heterocycles. The summed E-state index contributed by atoms with van der Waals surface area (Å²) in [4.78, 5) is 12.2. The van der Waals surface area contributed by atoms with Gasteiger partial charge >= 0.3 is 0 Å². The zero-order chi connectivity index (χ0) is 13.4. The number of anilines is 1. The second kappa shape index (κ2) is 4.14. The van der Waals surface area contributed by atoms with Crippen LogP contribution < -0.4 is 5.73 Å². The van der Waals surface area contributed by atoms with E-state index in [1.807, 2.05) is 0 Å². The Morgan fingerprint density at radius 2 is 1.82 bits per heavy atom. The van der Waals surface area contributed by atoms with Crippen molar-refractivity contribution in [2.24, 2.45) is 0 Å². The van der Waals surface area contributed by atoms with Crippen LogP contribution in [-0.4, -0.2) is 25.2 Å². The summed E-state index contributed by atoms with van der Waals surface area (Å²) in [5, 5.41) is 0. The van der Waals surface area contributed by atoms with Crippen molar-refractivity contribution >= 4 is 21.3 Å².